The van der Waals surface area contributed by atoms with Crippen LogP contribution < -0.4 is 11.1 Å². The number of hydrogen-bond acceptors (Lipinski definition) is 9. The first-order valence-corrected chi connectivity index (χ1v) is 10.7. The van der Waals surface area contributed by atoms with Gasteiger partial charge in [-0.15, -0.1) is 10.2 Å². The molecule has 0 bridgehead atoms. The van der Waals surface area contributed by atoms with E-state index in [2.05, 4.69) is 20.5 Å². The molecule has 2 aromatic heterocycles. The Morgan fingerprint density at radius 1 is 1.31 bits per heavy atom. The third-order valence-electron chi connectivity index (χ3n) is 4.07. The van der Waals surface area contributed by atoms with Crippen LogP contribution in [0.5, 0.6) is 0 Å². The largest absolute Gasteiger partial charge is 0.457 e. The van der Waals surface area contributed by atoms with Gasteiger partial charge in [-0.2, -0.15) is 0 Å². The molecule has 0 radical (unpaired) electrons. The van der Waals surface area contributed by atoms with Crippen molar-refractivity contribution in [3.63, 3.8) is 0 Å². The number of nitrogens with one attached hydrogen (secondary N) is 1. The van der Waals surface area contributed by atoms with Crippen LogP contribution in [0.1, 0.15) is 33.9 Å². The van der Waals surface area contributed by atoms with Crippen molar-refractivity contribution in [2.45, 2.75) is 31.7 Å². The molecular weight excluding hydrogens is 412 g/mol. The fraction of sp³-hybridized carbons (Fsp3) is 0.278. The maximum Gasteiger partial charge on any atom is 0.350 e. The Balaban J connectivity index is 1.67. The highest BCUT2D eigenvalue weighted by molar-refractivity contribution is 7.98. The van der Waals surface area contributed by atoms with Crippen molar-refractivity contribution in [3.8, 4) is 0 Å². The number of aromatic nitrogens is 4. The van der Waals surface area contributed by atoms with Crippen molar-refractivity contribution in [2.24, 2.45) is 0 Å². The normalized spacial score (nSPS) is 11.8. The van der Waals surface area contributed by atoms with E-state index in [4.69, 9.17) is 10.5 Å². The van der Waals surface area contributed by atoms with Gasteiger partial charge in [0.1, 0.15) is 17.5 Å². The van der Waals surface area contributed by atoms with E-state index in [9.17, 15) is 9.59 Å². The van der Waals surface area contributed by atoms with Gasteiger partial charge in [-0.25, -0.2) is 9.78 Å². The van der Waals surface area contributed by atoms with Gasteiger partial charge in [0.05, 0.1) is 5.69 Å². The van der Waals surface area contributed by atoms with Crippen LogP contribution in [0.15, 0.2) is 35.5 Å². The van der Waals surface area contributed by atoms with E-state index >= 15 is 0 Å². The zero-order valence-electron chi connectivity index (χ0n) is 16.1. The average molecular weight is 433 g/mol. The highest BCUT2D eigenvalue weighted by Gasteiger charge is 2.24. The Morgan fingerprint density at radius 2 is 2.03 bits per heavy atom. The summed E-state index contributed by atoms with van der Waals surface area (Å²) in [5.41, 5.74) is 7.20. The second-order valence-corrected chi connectivity index (χ2v) is 7.85. The number of aryl methyl sites for hydroxylation is 1. The summed E-state index contributed by atoms with van der Waals surface area (Å²) in [6, 6.07) is 8.75. The highest BCUT2D eigenvalue weighted by Crippen LogP contribution is 2.26. The van der Waals surface area contributed by atoms with Gasteiger partial charge in [0.25, 0.3) is 0 Å². The van der Waals surface area contributed by atoms with Crippen molar-refractivity contribution in [3.05, 3.63) is 46.5 Å². The Labute approximate surface area is 175 Å². The summed E-state index contributed by atoms with van der Waals surface area (Å²) in [5.74, 6) is -0.674. The molecule has 9 nitrogen and oxygen atoms in total. The zero-order valence-corrected chi connectivity index (χ0v) is 17.7. The van der Waals surface area contributed by atoms with Gasteiger partial charge in [-0.3, -0.25) is 9.36 Å². The second kappa shape index (κ2) is 9.05. The van der Waals surface area contributed by atoms with Crippen LogP contribution in [0.4, 0.5) is 11.1 Å². The number of amides is 1. The molecule has 2 heterocycles. The number of rotatable bonds is 7. The number of nitrogens with zero attached hydrogens (tertiary/aromatic N) is 4. The average Bonchev–Trinajstić information content (AvgIpc) is 3.28. The number of ether oxygens (including phenoxy) is 1. The molecule has 3 aromatic rings. The highest BCUT2D eigenvalue weighted by atomic mass is 32.2. The molecule has 0 fully saturated rings. The third kappa shape index (κ3) is 4.74. The van der Waals surface area contributed by atoms with Crippen molar-refractivity contribution in [1.82, 2.24) is 19.7 Å². The van der Waals surface area contributed by atoms with Gasteiger partial charge >= 0.3 is 5.97 Å². The summed E-state index contributed by atoms with van der Waals surface area (Å²) in [4.78, 5) is 29.6. The maximum absolute atomic E-state index is 12.6. The first-order valence-electron chi connectivity index (χ1n) is 8.64. The lowest BCUT2D eigenvalue weighted by molar-refractivity contribution is -0.118. The first kappa shape index (κ1) is 20.8. The topological polar surface area (TPSA) is 125 Å². The molecule has 1 aromatic carbocycles. The van der Waals surface area contributed by atoms with E-state index in [-0.39, 0.29) is 18.5 Å². The van der Waals surface area contributed by atoms with E-state index in [1.54, 1.807) is 13.8 Å². The van der Waals surface area contributed by atoms with Crippen LogP contribution in [0.2, 0.25) is 0 Å². The van der Waals surface area contributed by atoms with Crippen LogP contribution in [-0.2, 0) is 16.1 Å². The van der Waals surface area contributed by atoms with E-state index in [1.807, 2.05) is 36.6 Å². The number of nitrogen functional groups attached to an aromatic ring is 1. The predicted octanol–water partition coefficient (Wildman–Crippen LogP) is 2.90. The zero-order chi connectivity index (χ0) is 21.0. The number of hydrogen-bond donors (Lipinski definition) is 2. The Hall–Kier alpha value is -2.92. The molecule has 0 saturated heterocycles. The molecule has 11 heteroatoms. The molecule has 3 rings (SSSR count). The van der Waals surface area contributed by atoms with Crippen LogP contribution in [-0.4, -0.2) is 37.9 Å². The van der Waals surface area contributed by atoms with Crippen molar-refractivity contribution in [2.75, 3.05) is 17.3 Å². The number of benzene rings is 1. The molecule has 0 aliphatic heterocycles. The summed E-state index contributed by atoms with van der Waals surface area (Å²) < 4.78 is 6.88. The molecule has 0 aliphatic rings. The lowest BCUT2D eigenvalue weighted by Gasteiger charge is -2.14. The summed E-state index contributed by atoms with van der Waals surface area (Å²) in [6.45, 7) is 3.54. The summed E-state index contributed by atoms with van der Waals surface area (Å²) in [7, 11) is 0. The second-order valence-electron chi connectivity index (χ2n) is 6.08. The molecule has 152 valence electrons. The number of carbonyl (C=O) groups is 2. The number of esters is 1. The van der Waals surface area contributed by atoms with Gasteiger partial charge in [-0.05, 0) is 25.7 Å². The van der Waals surface area contributed by atoms with E-state index in [0.29, 0.717) is 20.9 Å². The summed E-state index contributed by atoms with van der Waals surface area (Å²) in [5, 5.41) is 11.3. The van der Waals surface area contributed by atoms with Gasteiger partial charge < -0.3 is 15.8 Å². The van der Waals surface area contributed by atoms with Crippen LogP contribution in [0.25, 0.3) is 0 Å². The molecule has 0 saturated carbocycles. The predicted molar refractivity (Wildman–Crippen MR) is 112 cm³/mol. The molecule has 0 spiro atoms. The van der Waals surface area contributed by atoms with Crippen LogP contribution >= 0.6 is 23.1 Å². The molecule has 3 N–H and O–H groups in total. The minimum absolute atomic E-state index is 0.150. The Bertz CT molecular complexity index is 1020. The third-order valence-corrected chi connectivity index (χ3v) is 5.76. The number of carbonyl (C=O) groups excluding carboxylic acids is 2. The fourth-order valence-electron chi connectivity index (χ4n) is 2.55. The number of nitrogens with two attached hydrogens (primary N) is 1. The minimum Gasteiger partial charge on any atom is -0.457 e. The van der Waals surface area contributed by atoms with E-state index in [1.165, 1.54) is 16.3 Å². The monoisotopic (exact) mass is 432 g/mol. The van der Waals surface area contributed by atoms with Gasteiger partial charge in [0, 0.05) is 0 Å². The molecule has 0 aliphatic carbocycles. The molecule has 1 atom stereocenters. The number of thioether (sulfide) groups is 1. The molecule has 29 heavy (non-hydrogen) atoms. The number of thiazole rings is 1. The summed E-state index contributed by atoms with van der Waals surface area (Å²) in [6.07, 6.45) is 1.82. The number of anilines is 2. The van der Waals surface area contributed by atoms with Crippen LogP contribution in [0, 0.1) is 6.92 Å². The first-order chi connectivity index (χ1) is 13.9. The van der Waals surface area contributed by atoms with Crippen LogP contribution in [0.3, 0.4) is 0 Å². The smallest absolute Gasteiger partial charge is 0.350 e. The fourth-order valence-corrected chi connectivity index (χ4v) is 3.98. The quantitative estimate of drug-likeness (QED) is 0.431. The van der Waals surface area contributed by atoms with Crippen molar-refractivity contribution < 1.29 is 14.3 Å². The minimum atomic E-state index is -0.648. The lowest BCUT2D eigenvalue weighted by atomic mass is 10.2. The Kier molecular flexibility index (Phi) is 6.49. The molecule has 1 unspecified atom stereocenters. The van der Waals surface area contributed by atoms with Gasteiger partial charge in [0.15, 0.2) is 10.3 Å². The standard InChI is InChI=1S/C18H20N6O3S2/c1-10-13(15(26)27-9-12-7-5-4-6-8-12)29-17(20-10)21-14(25)11(2)24-16(19)22-23-18(24)28-3/h4-8,11H,9H2,1-3H3,(H2,19,22)(H,20,21,25). The molecule has 1 amide bonds. The van der Waals surface area contributed by atoms with Gasteiger partial charge in [-0.1, -0.05) is 53.4 Å². The SMILES string of the molecule is CSc1nnc(N)n1C(C)C(=O)Nc1nc(C)c(C(=O)OCc2ccccc2)s1. The Morgan fingerprint density at radius 3 is 2.72 bits per heavy atom. The maximum atomic E-state index is 12.6. The summed E-state index contributed by atoms with van der Waals surface area (Å²) >= 11 is 2.40. The van der Waals surface area contributed by atoms with Crippen molar-refractivity contribution in [1.29, 1.82) is 0 Å². The lowest BCUT2D eigenvalue weighted by Crippen LogP contribution is -2.25. The van der Waals surface area contributed by atoms with E-state index in [0.717, 1.165) is 16.9 Å². The van der Waals surface area contributed by atoms with Gasteiger partial charge in [0.2, 0.25) is 11.9 Å². The van der Waals surface area contributed by atoms with E-state index < -0.39 is 12.0 Å². The molecular formula is C18H20N6O3S2. The van der Waals surface area contributed by atoms with Crippen molar-refractivity contribution >= 4 is 46.1 Å².